The smallest absolute Gasteiger partial charge is 0.253 e. The van der Waals surface area contributed by atoms with Crippen molar-refractivity contribution in [1.82, 2.24) is 14.6 Å². The Hall–Kier alpha value is -2.71. The number of nitrogens with zero attached hydrogens (tertiary/aromatic N) is 3. The van der Waals surface area contributed by atoms with Crippen molar-refractivity contribution in [3.05, 3.63) is 67.0 Å². The summed E-state index contributed by atoms with van der Waals surface area (Å²) in [6.07, 6.45) is 4.99. The number of piperazine rings is 1. The first-order valence-corrected chi connectivity index (χ1v) is 10.1. The van der Waals surface area contributed by atoms with Crippen LogP contribution in [-0.4, -0.2) is 56.9 Å². The fourth-order valence-corrected chi connectivity index (χ4v) is 3.93. The Labute approximate surface area is 159 Å². The average molecular weight is 386 g/mol. The van der Waals surface area contributed by atoms with E-state index < -0.39 is 10.0 Å². The minimum atomic E-state index is -3.59. The lowest BCUT2D eigenvalue weighted by Crippen LogP contribution is -2.48. The zero-order valence-corrected chi connectivity index (χ0v) is 15.7. The standard InChI is InChI=1S/C19H22N4O3S/c1-2-9-21-27(25,26)18-5-3-16(4-6-18)19(24)23-14-12-22(13-15-23)17-7-10-20-11-8-17/h2-8,10-11,21H,1,9,12-15H2. The molecule has 0 bridgehead atoms. The predicted octanol–water partition coefficient (Wildman–Crippen LogP) is 1.51. The number of sulfonamides is 1. The van der Waals surface area contributed by atoms with E-state index in [4.69, 9.17) is 0 Å². The number of carbonyl (C=O) groups excluding carboxylic acids is 1. The first-order chi connectivity index (χ1) is 13.0. The molecular formula is C19H22N4O3S. The monoisotopic (exact) mass is 386 g/mol. The quantitative estimate of drug-likeness (QED) is 0.761. The molecule has 27 heavy (non-hydrogen) atoms. The largest absolute Gasteiger partial charge is 0.368 e. The lowest BCUT2D eigenvalue weighted by atomic mass is 10.2. The number of rotatable bonds is 6. The van der Waals surface area contributed by atoms with E-state index in [9.17, 15) is 13.2 Å². The van der Waals surface area contributed by atoms with E-state index in [1.807, 2.05) is 12.1 Å². The summed E-state index contributed by atoms with van der Waals surface area (Å²) >= 11 is 0. The van der Waals surface area contributed by atoms with Crippen molar-refractivity contribution in [3.63, 3.8) is 0 Å². The van der Waals surface area contributed by atoms with E-state index in [-0.39, 0.29) is 17.3 Å². The second-order valence-electron chi connectivity index (χ2n) is 6.15. The molecule has 2 heterocycles. The molecule has 1 amide bonds. The topological polar surface area (TPSA) is 82.6 Å². The van der Waals surface area contributed by atoms with Crippen molar-refractivity contribution < 1.29 is 13.2 Å². The van der Waals surface area contributed by atoms with Gasteiger partial charge in [0.25, 0.3) is 5.91 Å². The van der Waals surface area contributed by atoms with Crippen LogP contribution in [0.4, 0.5) is 5.69 Å². The maximum Gasteiger partial charge on any atom is 0.253 e. The molecule has 1 saturated heterocycles. The Balaban J connectivity index is 1.62. The zero-order chi connectivity index (χ0) is 19.3. The molecule has 1 N–H and O–H groups in total. The second kappa shape index (κ2) is 8.32. The molecule has 1 aromatic carbocycles. The molecule has 1 aromatic heterocycles. The Bertz CT molecular complexity index is 890. The Morgan fingerprint density at radius 1 is 1.07 bits per heavy atom. The fourth-order valence-electron chi connectivity index (χ4n) is 2.93. The van der Waals surface area contributed by atoms with Crippen LogP contribution in [0.25, 0.3) is 0 Å². The Morgan fingerprint density at radius 2 is 1.70 bits per heavy atom. The van der Waals surface area contributed by atoms with Gasteiger partial charge in [-0.2, -0.15) is 0 Å². The summed E-state index contributed by atoms with van der Waals surface area (Å²) in [6, 6.07) is 9.92. The summed E-state index contributed by atoms with van der Waals surface area (Å²) in [7, 11) is -3.59. The second-order valence-corrected chi connectivity index (χ2v) is 7.92. The lowest BCUT2D eigenvalue weighted by Gasteiger charge is -2.36. The number of aromatic nitrogens is 1. The van der Waals surface area contributed by atoms with Gasteiger partial charge in [0.1, 0.15) is 0 Å². The van der Waals surface area contributed by atoms with Gasteiger partial charge in [0.15, 0.2) is 0 Å². The molecule has 0 unspecified atom stereocenters. The minimum Gasteiger partial charge on any atom is -0.368 e. The molecule has 0 aliphatic carbocycles. The van der Waals surface area contributed by atoms with Gasteiger partial charge in [0.05, 0.1) is 4.90 Å². The highest BCUT2D eigenvalue weighted by Gasteiger charge is 2.23. The molecule has 3 rings (SSSR count). The number of hydrogen-bond donors (Lipinski definition) is 1. The van der Waals surface area contributed by atoms with E-state index >= 15 is 0 Å². The molecule has 1 aliphatic rings. The number of benzene rings is 1. The molecule has 0 saturated carbocycles. The number of nitrogens with one attached hydrogen (secondary N) is 1. The molecule has 7 nitrogen and oxygen atoms in total. The van der Waals surface area contributed by atoms with Crippen LogP contribution in [0.2, 0.25) is 0 Å². The number of amides is 1. The van der Waals surface area contributed by atoms with Gasteiger partial charge >= 0.3 is 0 Å². The van der Waals surface area contributed by atoms with Gasteiger partial charge in [-0.25, -0.2) is 13.1 Å². The molecule has 142 valence electrons. The van der Waals surface area contributed by atoms with Crippen LogP contribution in [0, 0.1) is 0 Å². The summed E-state index contributed by atoms with van der Waals surface area (Å²) in [5.74, 6) is -0.0904. The maximum absolute atomic E-state index is 12.7. The van der Waals surface area contributed by atoms with Gasteiger partial charge < -0.3 is 9.80 Å². The summed E-state index contributed by atoms with van der Waals surface area (Å²) < 4.78 is 26.6. The van der Waals surface area contributed by atoms with Crippen LogP contribution in [0.1, 0.15) is 10.4 Å². The van der Waals surface area contributed by atoms with Crippen molar-refractivity contribution in [3.8, 4) is 0 Å². The highest BCUT2D eigenvalue weighted by atomic mass is 32.2. The van der Waals surface area contributed by atoms with E-state index in [1.165, 1.54) is 18.2 Å². The third kappa shape index (κ3) is 4.53. The lowest BCUT2D eigenvalue weighted by molar-refractivity contribution is 0.0746. The van der Waals surface area contributed by atoms with Gasteiger partial charge in [-0.05, 0) is 36.4 Å². The third-order valence-corrected chi connectivity index (χ3v) is 5.86. The van der Waals surface area contributed by atoms with Gasteiger partial charge in [-0.1, -0.05) is 6.08 Å². The van der Waals surface area contributed by atoms with Crippen LogP contribution in [0.3, 0.4) is 0 Å². The summed E-state index contributed by atoms with van der Waals surface area (Å²) in [4.78, 5) is 20.8. The highest BCUT2D eigenvalue weighted by Crippen LogP contribution is 2.17. The number of pyridine rings is 1. The van der Waals surface area contributed by atoms with Gasteiger partial charge in [0, 0.05) is 56.4 Å². The molecule has 1 fully saturated rings. The summed E-state index contributed by atoms with van der Waals surface area (Å²) in [5, 5.41) is 0. The number of carbonyl (C=O) groups is 1. The van der Waals surface area contributed by atoms with Crippen molar-refractivity contribution >= 4 is 21.6 Å². The average Bonchev–Trinajstić information content (AvgIpc) is 2.72. The molecule has 0 atom stereocenters. The molecule has 0 spiro atoms. The molecule has 8 heteroatoms. The van der Waals surface area contributed by atoms with Gasteiger partial charge in [0.2, 0.25) is 10.0 Å². The van der Waals surface area contributed by atoms with E-state index in [0.29, 0.717) is 18.7 Å². The van der Waals surface area contributed by atoms with E-state index in [1.54, 1.807) is 29.4 Å². The van der Waals surface area contributed by atoms with Gasteiger partial charge in [-0.15, -0.1) is 6.58 Å². The maximum atomic E-state index is 12.7. The van der Waals surface area contributed by atoms with Crippen LogP contribution < -0.4 is 9.62 Å². The normalized spacial score (nSPS) is 14.8. The van der Waals surface area contributed by atoms with Crippen molar-refractivity contribution in [2.45, 2.75) is 4.90 Å². The SMILES string of the molecule is C=CCNS(=O)(=O)c1ccc(C(=O)N2CCN(c3ccncc3)CC2)cc1. The molecule has 1 aliphatic heterocycles. The van der Waals surface area contributed by atoms with Crippen LogP contribution >= 0.6 is 0 Å². The Kier molecular flexibility index (Phi) is 5.88. The summed E-state index contributed by atoms with van der Waals surface area (Å²) in [5.41, 5.74) is 1.58. The van der Waals surface area contributed by atoms with E-state index in [2.05, 4.69) is 21.2 Å². The van der Waals surface area contributed by atoms with Crippen LogP contribution in [0.5, 0.6) is 0 Å². The minimum absolute atomic E-state index is 0.0904. The summed E-state index contributed by atoms with van der Waals surface area (Å²) in [6.45, 7) is 6.36. The number of hydrogen-bond acceptors (Lipinski definition) is 5. The van der Waals surface area contributed by atoms with Crippen molar-refractivity contribution in [2.75, 3.05) is 37.6 Å². The first-order valence-electron chi connectivity index (χ1n) is 8.66. The predicted molar refractivity (Wildman–Crippen MR) is 104 cm³/mol. The zero-order valence-electron chi connectivity index (χ0n) is 14.9. The van der Waals surface area contributed by atoms with Crippen molar-refractivity contribution in [2.24, 2.45) is 0 Å². The fraction of sp³-hybridized carbons (Fsp3) is 0.263. The Morgan fingerprint density at radius 3 is 2.30 bits per heavy atom. The van der Waals surface area contributed by atoms with Crippen LogP contribution in [-0.2, 0) is 10.0 Å². The number of anilines is 1. The molecule has 2 aromatic rings. The highest BCUT2D eigenvalue weighted by molar-refractivity contribution is 7.89. The molecular weight excluding hydrogens is 364 g/mol. The van der Waals surface area contributed by atoms with Gasteiger partial charge in [-0.3, -0.25) is 9.78 Å². The third-order valence-electron chi connectivity index (χ3n) is 4.42. The van der Waals surface area contributed by atoms with Crippen molar-refractivity contribution in [1.29, 1.82) is 0 Å². The molecule has 0 radical (unpaired) electrons. The van der Waals surface area contributed by atoms with E-state index in [0.717, 1.165) is 18.8 Å². The van der Waals surface area contributed by atoms with Crippen LogP contribution in [0.15, 0.2) is 66.3 Å². The first kappa shape index (κ1) is 19.1.